The molecule has 0 radical (unpaired) electrons. The molecule has 18 heavy (non-hydrogen) atoms. The fourth-order valence-electron chi connectivity index (χ4n) is 2.27. The van der Waals surface area contributed by atoms with Crippen LogP contribution in [0.5, 0.6) is 0 Å². The summed E-state index contributed by atoms with van der Waals surface area (Å²) in [5, 5.41) is 8.78. The van der Waals surface area contributed by atoms with Crippen LogP contribution in [0.1, 0.15) is 43.0 Å². The van der Waals surface area contributed by atoms with Gasteiger partial charge in [0.05, 0.1) is 6.42 Å². The molecule has 0 bridgehead atoms. The Hall–Kier alpha value is -1.35. The minimum Gasteiger partial charge on any atom is -0.481 e. The largest absolute Gasteiger partial charge is 0.481 e. The number of rotatable bonds is 6. The molecule has 0 aliphatic carbocycles. The molecule has 0 fully saturated rings. The van der Waals surface area contributed by atoms with Crippen LogP contribution in [-0.4, -0.2) is 29.1 Å². The Morgan fingerprint density at radius 2 is 2.06 bits per heavy atom. The highest BCUT2D eigenvalue weighted by molar-refractivity contribution is 5.66. The van der Waals surface area contributed by atoms with Crippen LogP contribution in [-0.2, 0) is 4.79 Å². The van der Waals surface area contributed by atoms with E-state index in [1.54, 1.807) is 0 Å². The van der Waals surface area contributed by atoms with Crippen molar-refractivity contribution in [3.05, 3.63) is 34.9 Å². The Morgan fingerprint density at radius 3 is 2.61 bits per heavy atom. The number of hydrogen-bond donors (Lipinski definition) is 1. The van der Waals surface area contributed by atoms with E-state index >= 15 is 0 Å². The number of aryl methyl sites for hydroxylation is 2. The van der Waals surface area contributed by atoms with Gasteiger partial charge in [-0.15, -0.1) is 0 Å². The maximum Gasteiger partial charge on any atom is 0.304 e. The average Bonchev–Trinajstić information content (AvgIpc) is 2.32. The Bertz CT molecular complexity index is 415. The zero-order chi connectivity index (χ0) is 13.7. The number of aliphatic carboxylic acids is 1. The molecule has 0 heterocycles. The molecule has 1 N–H and O–H groups in total. The molecular formula is C15H23NO2. The van der Waals surface area contributed by atoms with Crippen molar-refractivity contribution < 1.29 is 9.90 Å². The highest BCUT2D eigenvalue weighted by atomic mass is 16.4. The van der Waals surface area contributed by atoms with Crippen LogP contribution in [0.2, 0.25) is 0 Å². The van der Waals surface area contributed by atoms with E-state index in [1.165, 1.54) is 16.7 Å². The normalized spacial score (nSPS) is 12.7. The SMILES string of the molecule is CCN(CCC(=O)O)C(C)c1cc(C)ccc1C. The second-order valence-corrected chi connectivity index (χ2v) is 4.81. The third-order valence-electron chi connectivity index (χ3n) is 3.45. The fraction of sp³-hybridized carbons (Fsp3) is 0.533. The van der Waals surface area contributed by atoms with Gasteiger partial charge in [0, 0.05) is 12.6 Å². The Morgan fingerprint density at radius 1 is 1.39 bits per heavy atom. The number of hydrogen-bond acceptors (Lipinski definition) is 2. The first-order valence-corrected chi connectivity index (χ1v) is 6.48. The van der Waals surface area contributed by atoms with Crippen LogP contribution in [0.15, 0.2) is 18.2 Å². The molecule has 3 heteroatoms. The van der Waals surface area contributed by atoms with E-state index < -0.39 is 5.97 Å². The third kappa shape index (κ3) is 3.84. The molecule has 1 aromatic carbocycles. The smallest absolute Gasteiger partial charge is 0.304 e. The Balaban J connectivity index is 2.85. The Kier molecular flexibility index (Phi) is 5.35. The number of carboxylic acids is 1. The number of nitrogens with zero attached hydrogens (tertiary/aromatic N) is 1. The molecule has 1 aromatic rings. The van der Waals surface area contributed by atoms with Gasteiger partial charge in [-0.1, -0.05) is 30.7 Å². The van der Waals surface area contributed by atoms with Crippen LogP contribution in [0.3, 0.4) is 0 Å². The summed E-state index contributed by atoms with van der Waals surface area (Å²) in [7, 11) is 0. The lowest BCUT2D eigenvalue weighted by molar-refractivity contribution is -0.137. The van der Waals surface area contributed by atoms with E-state index in [2.05, 4.69) is 50.8 Å². The molecule has 0 aliphatic heterocycles. The van der Waals surface area contributed by atoms with E-state index in [-0.39, 0.29) is 12.5 Å². The first-order valence-electron chi connectivity index (χ1n) is 6.48. The first-order chi connectivity index (χ1) is 8.45. The van der Waals surface area contributed by atoms with Gasteiger partial charge in [-0.3, -0.25) is 9.69 Å². The lowest BCUT2D eigenvalue weighted by atomic mass is 9.99. The first kappa shape index (κ1) is 14.7. The summed E-state index contributed by atoms with van der Waals surface area (Å²) in [6.07, 6.45) is 0.197. The fourth-order valence-corrected chi connectivity index (χ4v) is 2.27. The van der Waals surface area contributed by atoms with E-state index in [9.17, 15) is 4.79 Å². The van der Waals surface area contributed by atoms with Crippen LogP contribution in [0.25, 0.3) is 0 Å². The summed E-state index contributed by atoms with van der Waals surface area (Å²) in [5.74, 6) is -0.735. The zero-order valence-electron chi connectivity index (χ0n) is 11.7. The van der Waals surface area contributed by atoms with Gasteiger partial charge in [0.25, 0.3) is 0 Å². The lowest BCUT2D eigenvalue weighted by Crippen LogP contribution is -2.29. The summed E-state index contributed by atoms with van der Waals surface area (Å²) in [6, 6.07) is 6.70. The maximum atomic E-state index is 10.7. The number of carbonyl (C=O) groups is 1. The average molecular weight is 249 g/mol. The monoisotopic (exact) mass is 249 g/mol. The topological polar surface area (TPSA) is 40.5 Å². The van der Waals surface area contributed by atoms with Crippen LogP contribution >= 0.6 is 0 Å². The standard InChI is InChI=1S/C15H23NO2/c1-5-16(9-8-15(17)18)13(4)14-10-11(2)6-7-12(14)3/h6-7,10,13H,5,8-9H2,1-4H3,(H,17,18). The Labute approximate surface area is 109 Å². The van der Waals surface area contributed by atoms with Gasteiger partial charge < -0.3 is 5.11 Å². The van der Waals surface area contributed by atoms with Gasteiger partial charge in [-0.25, -0.2) is 0 Å². The van der Waals surface area contributed by atoms with E-state index in [0.29, 0.717) is 6.54 Å². The van der Waals surface area contributed by atoms with Crippen molar-refractivity contribution in [2.45, 2.75) is 40.2 Å². The molecule has 0 spiro atoms. The molecular weight excluding hydrogens is 226 g/mol. The van der Waals surface area contributed by atoms with Crippen molar-refractivity contribution in [2.24, 2.45) is 0 Å². The van der Waals surface area contributed by atoms with Gasteiger partial charge in [-0.2, -0.15) is 0 Å². The molecule has 0 aliphatic rings. The molecule has 1 rings (SSSR count). The van der Waals surface area contributed by atoms with Crippen LogP contribution < -0.4 is 0 Å². The minimum absolute atomic E-state index is 0.197. The van der Waals surface area contributed by atoms with E-state index in [1.807, 2.05) is 0 Å². The van der Waals surface area contributed by atoms with Crippen molar-refractivity contribution in [1.82, 2.24) is 4.90 Å². The van der Waals surface area contributed by atoms with Crippen molar-refractivity contribution in [1.29, 1.82) is 0 Å². The molecule has 3 nitrogen and oxygen atoms in total. The molecule has 100 valence electrons. The molecule has 0 saturated heterocycles. The minimum atomic E-state index is -0.735. The predicted molar refractivity (Wildman–Crippen MR) is 73.8 cm³/mol. The van der Waals surface area contributed by atoms with E-state index in [0.717, 1.165) is 6.54 Å². The molecule has 0 aromatic heterocycles. The summed E-state index contributed by atoms with van der Waals surface area (Å²) in [5.41, 5.74) is 3.81. The van der Waals surface area contributed by atoms with Gasteiger partial charge >= 0.3 is 5.97 Å². The maximum absolute atomic E-state index is 10.7. The number of benzene rings is 1. The van der Waals surface area contributed by atoms with Crippen LogP contribution in [0, 0.1) is 13.8 Å². The third-order valence-corrected chi connectivity index (χ3v) is 3.45. The summed E-state index contributed by atoms with van der Waals surface area (Å²) in [6.45, 7) is 9.87. The van der Waals surface area contributed by atoms with Crippen molar-refractivity contribution >= 4 is 5.97 Å². The second kappa shape index (κ2) is 6.55. The van der Waals surface area contributed by atoms with Crippen LogP contribution in [0.4, 0.5) is 0 Å². The molecule has 0 amide bonds. The summed E-state index contributed by atoms with van der Waals surface area (Å²) < 4.78 is 0. The number of carboxylic acid groups (broad SMARTS) is 1. The van der Waals surface area contributed by atoms with Crippen molar-refractivity contribution in [3.63, 3.8) is 0 Å². The van der Waals surface area contributed by atoms with Gasteiger partial charge in [0.2, 0.25) is 0 Å². The van der Waals surface area contributed by atoms with Crippen molar-refractivity contribution in [3.8, 4) is 0 Å². The predicted octanol–water partition coefficient (Wildman–Crippen LogP) is 3.16. The van der Waals surface area contributed by atoms with Gasteiger partial charge in [-0.05, 0) is 38.4 Å². The summed E-state index contributed by atoms with van der Waals surface area (Å²) >= 11 is 0. The second-order valence-electron chi connectivity index (χ2n) is 4.81. The lowest BCUT2D eigenvalue weighted by Gasteiger charge is -2.29. The van der Waals surface area contributed by atoms with Gasteiger partial charge in [0.1, 0.15) is 0 Å². The van der Waals surface area contributed by atoms with Gasteiger partial charge in [0.15, 0.2) is 0 Å². The summed E-state index contributed by atoms with van der Waals surface area (Å²) in [4.78, 5) is 12.9. The molecule has 0 saturated carbocycles. The quantitative estimate of drug-likeness (QED) is 0.842. The highest BCUT2D eigenvalue weighted by Gasteiger charge is 2.16. The zero-order valence-corrected chi connectivity index (χ0v) is 11.7. The highest BCUT2D eigenvalue weighted by Crippen LogP contribution is 2.24. The van der Waals surface area contributed by atoms with E-state index in [4.69, 9.17) is 5.11 Å². The molecule has 1 unspecified atom stereocenters. The molecule has 1 atom stereocenters. The van der Waals surface area contributed by atoms with Crippen molar-refractivity contribution in [2.75, 3.05) is 13.1 Å².